The van der Waals surface area contributed by atoms with Crippen molar-refractivity contribution in [1.82, 2.24) is 0 Å². The summed E-state index contributed by atoms with van der Waals surface area (Å²) in [6.07, 6.45) is 1.36. The molecule has 0 amide bonds. The standard InChI is InChI=1S/C3H3BrO/c4-2-1-3-5/h1H,2H2. The summed E-state index contributed by atoms with van der Waals surface area (Å²) >= 11 is 2.99. The van der Waals surface area contributed by atoms with Gasteiger partial charge in [0, 0.05) is 11.4 Å². The van der Waals surface area contributed by atoms with E-state index in [0.29, 0.717) is 5.33 Å². The Bertz CT molecular complexity index is 53.9. The van der Waals surface area contributed by atoms with Gasteiger partial charge in [-0.3, -0.25) is 0 Å². The van der Waals surface area contributed by atoms with Crippen molar-refractivity contribution in [2.75, 3.05) is 5.33 Å². The molecule has 0 saturated heterocycles. The smallest absolute Gasteiger partial charge is 0.120 e. The molecule has 5 heavy (non-hydrogen) atoms. The molecule has 0 aliphatic rings. The van der Waals surface area contributed by atoms with Crippen LogP contribution in [0, 0.1) is 0 Å². The Hall–Kier alpha value is -0.0700. The van der Waals surface area contributed by atoms with Crippen molar-refractivity contribution in [3.63, 3.8) is 0 Å². The first-order chi connectivity index (χ1) is 2.41. The number of rotatable bonds is 1. The van der Waals surface area contributed by atoms with Crippen molar-refractivity contribution < 1.29 is 4.79 Å². The first kappa shape index (κ1) is 4.93. The number of allylic oxidation sites excluding steroid dienone is 1. The fourth-order valence-corrected chi connectivity index (χ4v) is 0.164. The summed E-state index contributed by atoms with van der Waals surface area (Å²) in [6.45, 7) is 0. The minimum atomic E-state index is 0.608. The molecule has 0 radical (unpaired) electrons. The molecule has 2 heteroatoms. The zero-order chi connectivity index (χ0) is 4.12. The average Bonchev–Trinajstić information content (AvgIpc) is 1.41. The maximum atomic E-state index is 9.19. The van der Waals surface area contributed by atoms with Gasteiger partial charge in [0.1, 0.15) is 5.94 Å². The molecule has 0 heterocycles. The third kappa shape index (κ3) is 3.93. The molecule has 0 atom stereocenters. The van der Waals surface area contributed by atoms with Gasteiger partial charge in [-0.2, -0.15) is 0 Å². The van der Waals surface area contributed by atoms with Crippen molar-refractivity contribution >= 4 is 21.9 Å². The normalized spacial score (nSPS) is 5.80. The zero-order valence-electron chi connectivity index (χ0n) is 2.57. The fraction of sp³-hybridized carbons (Fsp3) is 0.333. The average molecular weight is 135 g/mol. The number of hydrogen-bond donors (Lipinski definition) is 0. The first-order valence-electron chi connectivity index (χ1n) is 1.17. The van der Waals surface area contributed by atoms with Crippen molar-refractivity contribution in [3.05, 3.63) is 6.08 Å². The Labute approximate surface area is 38.8 Å². The molecular formula is C3H3BrO. The Morgan fingerprint density at radius 2 is 2.60 bits per heavy atom. The molecule has 0 unspecified atom stereocenters. The van der Waals surface area contributed by atoms with Crippen molar-refractivity contribution in [1.29, 1.82) is 0 Å². The molecule has 0 bridgehead atoms. The molecule has 0 aromatic carbocycles. The van der Waals surface area contributed by atoms with Crippen LogP contribution in [-0.2, 0) is 4.79 Å². The van der Waals surface area contributed by atoms with Gasteiger partial charge in [-0.1, -0.05) is 15.9 Å². The van der Waals surface area contributed by atoms with Crippen LogP contribution in [0.3, 0.4) is 0 Å². The minimum Gasteiger partial charge on any atom is -0.234 e. The van der Waals surface area contributed by atoms with Gasteiger partial charge < -0.3 is 0 Å². The molecule has 0 aromatic heterocycles. The summed E-state index contributed by atoms with van der Waals surface area (Å²) < 4.78 is 0. The second-order valence-corrected chi connectivity index (χ2v) is 1.12. The van der Waals surface area contributed by atoms with Crippen molar-refractivity contribution in [3.8, 4) is 0 Å². The third-order valence-corrected chi connectivity index (χ3v) is 0.484. The van der Waals surface area contributed by atoms with Gasteiger partial charge in [-0.05, 0) is 0 Å². The van der Waals surface area contributed by atoms with Crippen LogP contribution in [0.25, 0.3) is 0 Å². The quantitative estimate of drug-likeness (QED) is 0.383. The van der Waals surface area contributed by atoms with Gasteiger partial charge >= 0.3 is 0 Å². The molecule has 0 rings (SSSR count). The monoisotopic (exact) mass is 134 g/mol. The lowest BCUT2D eigenvalue weighted by Crippen LogP contribution is -1.52. The highest BCUT2D eigenvalue weighted by Gasteiger charge is 1.55. The lowest BCUT2D eigenvalue weighted by atomic mass is 10.8. The van der Waals surface area contributed by atoms with Gasteiger partial charge in [0.25, 0.3) is 0 Å². The maximum absolute atomic E-state index is 9.19. The summed E-state index contributed by atoms with van der Waals surface area (Å²) in [7, 11) is 0. The van der Waals surface area contributed by atoms with E-state index >= 15 is 0 Å². The van der Waals surface area contributed by atoms with Crippen LogP contribution in [0.4, 0.5) is 0 Å². The first-order valence-corrected chi connectivity index (χ1v) is 2.29. The Balaban J connectivity index is 2.93. The predicted molar refractivity (Wildman–Crippen MR) is 24.1 cm³/mol. The van der Waals surface area contributed by atoms with E-state index in [1.165, 1.54) is 6.08 Å². The molecular weight excluding hydrogens is 132 g/mol. The van der Waals surface area contributed by atoms with E-state index in [0.717, 1.165) is 0 Å². The summed E-state index contributed by atoms with van der Waals surface area (Å²) in [4.78, 5) is 9.19. The molecule has 28 valence electrons. The largest absolute Gasteiger partial charge is 0.234 e. The van der Waals surface area contributed by atoms with Crippen LogP contribution in [0.1, 0.15) is 0 Å². The maximum Gasteiger partial charge on any atom is 0.120 e. The lowest BCUT2D eigenvalue weighted by Gasteiger charge is -1.53. The van der Waals surface area contributed by atoms with Gasteiger partial charge in [0.15, 0.2) is 0 Å². The van der Waals surface area contributed by atoms with Gasteiger partial charge in [0.05, 0.1) is 0 Å². The fourth-order valence-electron chi connectivity index (χ4n) is 0.0315. The second kappa shape index (κ2) is 3.93. The zero-order valence-corrected chi connectivity index (χ0v) is 4.16. The third-order valence-electron chi connectivity index (χ3n) is 0.160. The van der Waals surface area contributed by atoms with Gasteiger partial charge in [-0.25, -0.2) is 4.79 Å². The Kier molecular flexibility index (Phi) is 3.87. The molecule has 0 aromatic rings. The van der Waals surface area contributed by atoms with E-state index in [2.05, 4.69) is 15.9 Å². The highest BCUT2D eigenvalue weighted by Crippen LogP contribution is 1.72. The van der Waals surface area contributed by atoms with Crippen LogP contribution in [0.15, 0.2) is 6.08 Å². The molecule has 0 fully saturated rings. The molecule has 1 nitrogen and oxygen atoms in total. The van der Waals surface area contributed by atoms with Crippen LogP contribution < -0.4 is 0 Å². The second-order valence-electron chi connectivity index (χ2n) is 0.476. The SMILES string of the molecule is O=C=CCBr. The van der Waals surface area contributed by atoms with E-state index in [1.54, 1.807) is 5.94 Å². The van der Waals surface area contributed by atoms with Gasteiger partial charge in [-0.15, -0.1) is 0 Å². The molecule has 0 aliphatic heterocycles. The highest BCUT2D eigenvalue weighted by molar-refractivity contribution is 9.09. The van der Waals surface area contributed by atoms with Crippen LogP contribution >= 0.6 is 15.9 Å². The number of halogens is 1. The molecule has 0 spiro atoms. The van der Waals surface area contributed by atoms with Crippen LogP contribution in [0.5, 0.6) is 0 Å². The minimum absolute atomic E-state index is 0.608. The van der Waals surface area contributed by atoms with Crippen molar-refractivity contribution in [2.45, 2.75) is 0 Å². The van der Waals surface area contributed by atoms with E-state index in [4.69, 9.17) is 0 Å². The van der Waals surface area contributed by atoms with E-state index in [-0.39, 0.29) is 0 Å². The summed E-state index contributed by atoms with van der Waals surface area (Å²) in [6, 6.07) is 0. The summed E-state index contributed by atoms with van der Waals surface area (Å²) in [5.41, 5.74) is 0. The van der Waals surface area contributed by atoms with Crippen LogP contribution in [0.2, 0.25) is 0 Å². The molecule has 0 saturated carbocycles. The number of hydrogen-bond acceptors (Lipinski definition) is 1. The topological polar surface area (TPSA) is 17.1 Å². The summed E-state index contributed by atoms with van der Waals surface area (Å²) in [5.74, 6) is 1.60. The Morgan fingerprint density at radius 1 is 2.00 bits per heavy atom. The van der Waals surface area contributed by atoms with E-state index < -0.39 is 0 Å². The van der Waals surface area contributed by atoms with Crippen molar-refractivity contribution in [2.24, 2.45) is 0 Å². The Morgan fingerprint density at radius 3 is 2.60 bits per heavy atom. The lowest BCUT2D eigenvalue weighted by molar-refractivity contribution is 0.569. The van der Waals surface area contributed by atoms with E-state index in [1.807, 2.05) is 0 Å². The van der Waals surface area contributed by atoms with Gasteiger partial charge in [0.2, 0.25) is 0 Å². The van der Waals surface area contributed by atoms with E-state index in [9.17, 15) is 4.79 Å². The summed E-state index contributed by atoms with van der Waals surface area (Å²) in [5, 5.41) is 0.608. The molecule has 0 N–H and O–H groups in total. The van der Waals surface area contributed by atoms with Crippen LogP contribution in [-0.4, -0.2) is 11.3 Å². The predicted octanol–water partition coefficient (Wildman–Crippen LogP) is 0.769. The number of alkyl halides is 1. The number of carbonyl (C=O) groups excluding carboxylic acids is 1. The molecule has 0 aliphatic carbocycles. The highest BCUT2D eigenvalue weighted by atomic mass is 79.9.